The molecular formula is C17H25NO2. The van der Waals surface area contributed by atoms with Crippen LogP contribution in [0.1, 0.15) is 51.0 Å². The van der Waals surface area contributed by atoms with E-state index < -0.39 is 0 Å². The quantitative estimate of drug-likeness (QED) is 0.894. The first kappa shape index (κ1) is 15.0. The number of Topliss-reactive ketones (excluding diaryl/α,β-unsaturated/α-hetero) is 1. The number of unbranched alkanes of at least 4 members (excludes halogenated alkanes) is 1. The highest BCUT2D eigenvalue weighted by Crippen LogP contribution is 2.41. The van der Waals surface area contributed by atoms with Gasteiger partial charge in [-0.1, -0.05) is 25.5 Å². The molecule has 1 N–H and O–H groups in total. The van der Waals surface area contributed by atoms with Crippen LogP contribution in [-0.2, 0) is 10.3 Å². The van der Waals surface area contributed by atoms with Crippen molar-refractivity contribution in [3.63, 3.8) is 0 Å². The molecule has 3 nitrogen and oxygen atoms in total. The fourth-order valence-electron chi connectivity index (χ4n) is 3.21. The molecule has 1 fully saturated rings. The van der Waals surface area contributed by atoms with Crippen LogP contribution in [0.3, 0.4) is 0 Å². The number of hydrogen-bond acceptors (Lipinski definition) is 3. The lowest BCUT2D eigenvalue weighted by molar-refractivity contribution is -0.123. The van der Waals surface area contributed by atoms with Gasteiger partial charge in [0, 0.05) is 18.4 Å². The monoisotopic (exact) mass is 275 g/mol. The molecule has 1 aromatic carbocycles. The Balaban J connectivity index is 2.28. The van der Waals surface area contributed by atoms with Gasteiger partial charge in [0.1, 0.15) is 11.5 Å². The summed E-state index contributed by atoms with van der Waals surface area (Å²) in [5.41, 5.74) is 1.18. The van der Waals surface area contributed by atoms with E-state index in [1.165, 1.54) is 18.4 Å². The third-order valence-electron chi connectivity index (χ3n) is 4.62. The molecule has 0 spiro atoms. The van der Waals surface area contributed by atoms with E-state index in [9.17, 15) is 9.90 Å². The van der Waals surface area contributed by atoms with E-state index >= 15 is 0 Å². The standard InChI is InChI=1S/C17H25NO2/c1-3-4-13-18(2)17(11-9-16(20)10-12-17)14-5-7-15(19)8-6-14/h5-8,19H,3-4,9-13H2,1-2H3. The van der Waals surface area contributed by atoms with Crippen molar-refractivity contribution in [2.24, 2.45) is 0 Å². The number of aromatic hydroxyl groups is 1. The van der Waals surface area contributed by atoms with Crippen molar-refractivity contribution in [3.8, 4) is 5.75 Å². The van der Waals surface area contributed by atoms with Crippen molar-refractivity contribution >= 4 is 5.78 Å². The summed E-state index contributed by atoms with van der Waals surface area (Å²) < 4.78 is 0. The molecule has 0 saturated heterocycles. The number of carbonyl (C=O) groups excluding carboxylic acids is 1. The van der Waals surface area contributed by atoms with Crippen LogP contribution in [0.4, 0.5) is 0 Å². The molecule has 110 valence electrons. The third kappa shape index (κ3) is 3.04. The number of benzene rings is 1. The smallest absolute Gasteiger partial charge is 0.133 e. The summed E-state index contributed by atoms with van der Waals surface area (Å²) in [7, 11) is 2.16. The molecule has 20 heavy (non-hydrogen) atoms. The second-order valence-electron chi connectivity index (χ2n) is 5.89. The van der Waals surface area contributed by atoms with Crippen LogP contribution in [0.15, 0.2) is 24.3 Å². The molecule has 0 atom stereocenters. The van der Waals surface area contributed by atoms with E-state index in [-0.39, 0.29) is 5.54 Å². The first-order valence-electron chi connectivity index (χ1n) is 7.61. The van der Waals surface area contributed by atoms with E-state index in [0.717, 1.165) is 19.4 Å². The molecule has 0 bridgehead atoms. The molecule has 0 aromatic heterocycles. The number of ketones is 1. The summed E-state index contributed by atoms with van der Waals surface area (Å²) in [6, 6.07) is 7.52. The zero-order valence-electron chi connectivity index (χ0n) is 12.6. The minimum Gasteiger partial charge on any atom is -0.508 e. The van der Waals surface area contributed by atoms with Crippen molar-refractivity contribution in [3.05, 3.63) is 29.8 Å². The van der Waals surface area contributed by atoms with Crippen LogP contribution >= 0.6 is 0 Å². The van der Waals surface area contributed by atoms with E-state index in [4.69, 9.17) is 0 Å². The lowest BCUT2D eigenvalue weighted by Crippen LogP contribution is -2.47. The van der Waals surface area contributed by atoms with E-state index in [1.54, 1.807) is 12.1 Å². The normalized spacial score (nSPS) is 18.4. The Morgan fingerprint density at radius 3 is 2.35 bits per heavy atom. The number of nitrogens with zero attached hydrogens (tertiary/aromatic N) is 1. The fraction of sp³-hybridized carbons (Fsp3) is 0.588. The average Bonchev–Trinajstić information content (AvgIpc) is 2.47. The third-order valence-corrected chi connectivity index (χ3v) is 4.62. The van der Waals surface area contributed by atoms with Gasteiger partial charge in [0.05, 0.1) is 0 Å². The van der Waals surface area contributed by atoms with Crippen molar-refractivity contribution < 1.29 is 9.90 Å². The Kier molecular flexibility index (Phi) is 4.81. The van der Waals surface area contributed by atoms with Gasteiger partial charge >= 0.3 is 0 Å². The summed E-state index contributed by atoms with van der Waals surface area (Å²) in [5.74, 6) is 0.676. The number of hydrogen-bond donors (Lipinski definition) is 1. The molecule has 0 aliphatic heterocycles. The zero-order valence-corrected chi connectivity index (χ0v) is 12.6. The van der Waals surface area contributed by atoms with Gasteiger partial charge in [0.15, 0.2) is 0 Å². The Hall–Kier alpha value is -1.35. The second-order valence-corrected chi connectivity index (χ2v) is 5.89. The highest BCUT2D eigenvalue weighted by Gasteiger charge is 2.39. The topological polar surface area (TPSA) is 40.5 Å². The number of carbonyl (C=O) groups is 1. The fourth-order valence-corrected chi connectivity index (χ4v) is 3.21. The van der Waals surface area contributed by atoms with Gasteiger partial charge < -0.3 is 5.11 Å². The van der Waals surface area contributed by atoms with Gasteiger partial charge in [0.2, 0.25) is 0 Å². The predicted molar refractivity (Wildman–Crippen MR) is 80.8 cm³/mol. The summed E-state index contributed by atoms with van der Waals surface area (Å²) in [6.07, 6.45) is 5.45. The molecule has 1 aliphatic carbocycles. The molecule has 1 saturated carbocycles. The van der Waals surface area contributed by atoms with Gasteiger partial charge in [0.25, 0.3) is 0 Å². The lowest BCUT2D eigenvalue weighted by atomic mass is 9.75. The van der Waals surface area contributed by atoms with Gasteiger partial charge in [-0.2, -0.15) is 0 Å². The van der Waals surface area contributed by atoms with Gasteiger partial charge in [-0.05, 0) is 50.6 Å². The molecule has 1 aromatic rings. The Bertz CT molecular complexity index is 443. The molecule has 0 unspecified atom stereocenters. The van der Waals surface area contributed by atoms with Crippen LogP contribution in [0.5, 0.6) is 5.75 Å². The van der Waals surface area contributed by atoms with Crippen LogP contribution in [0, 0.1) is 0 Å². The number of rotatable bonds is 5. The molecule has 2 rings (SSSR count). The average molecular weight is 275 g/mol. The zero-order chi connectivity index (χ0) is 14.6. The Morgan fingerprint density at radius 2 is 1.80 bits per heavy atom. The first-order chi connectivity index (χ1) is 9.58. The summed E-state index contributed by atoms with van der Waals surface area (Å²) >= 11 is 0. The molecule has 0 amide bonds. The number of phenols is 1. The molecular weight excluding hydrogens is 250 g/mol. The van der Waals surface area contributed by atoms with Crippen LogP contribution < -0.4 is 0 Å². The Morgan fingerprint density at radius 1 is 1.20 bits per heavy atom. The van der Waals surface area contributed by atoms with Gasteiger partial charge in [-0.3, -0.25) is 9.69 Å². The highest BCUT2D eigenvalue weighted by atomic mass is 16.3. The molecule has 1 aliphatic rings. The van der Waals surface area contributed by atoms with E-state index in [0.29, 0.717) is 24.4 Å². The van der Waals surface area contributed by atoms with Crippen LogP contribution in [-0.4, -0.2) is 29.4 Å². The maximum Gasteiger partial charge on any atom is 0.133 e. The largest absolute Gasteiger partial charge is 0.508 e. The van der Waals surface area contributed by atoms with Crippen molar-refractivity contribution in [2.75, 3.05) is 13.6 Å². The van der Waals surface area contributed by atoms with Crippen molar-refractivity contribution in [1.82, 2.24) is 4.90 Å². The Labute approximate surface area is 121 Å². The minimum absolute atomic E-state index is 0.0449. The maximum atomic E-state index is 11.6. The number of phenolic OH excluding ortho intramolecular Hbond substituents is 1. The summed E-state index contributed by atoms with van der Waals surface area (Å²) in [4.78, 5) is 14.0. The minimum atomic E-state index is -0.0449. The summed E-state index contributed by atoms with van der Waals surface area (Å²) in [5, 5.41) is 9.49. The lowest BCUT2D eigenvalue weighted by Gasteiger charge is -2.45. The van der Waals surface area contributed by atoms with E-state index in [1.807, 2.05) is 12.1 Å². The van der Waals surface area contributed by atoms with E-state index in [2.05, 4.69) is 18.9 Å². The van der Waals surface area contributed by atoms with Gasteiger partial charge in [-0.15, -0.1) is 0 Å². The van der Waals surface area contributed by atoms with Crippen molar-refractivity contribution in [1.29, 1.82) is 0 Å². The predicted octanol–water partition coefficient (Wildman–Crippen LogP) is 3.46. The first-order valence-corrected chi connectivity index (χ1v) is 7.61. The summed E-state index contributed by atoms with van der Waals surface area (Å²) in [6.45, 7) is 3.25. The second kappa shape index (κ2) is 6.40. The molecule has 3 heteroatoms. The highest BCUT2D eigenvalue weighted by molar-refractivity contribution is 5.79. The van der Waals surface area contributed by atoms with Crippen LogP contribution in [0.2, 0.25) is 0 Å². The molecule has 0 radical (unpaired) electrons. The SMILES string of the molecule is CCCCN(C)C1(c2ccc(O)cc2)CCC(=O)CC1. The van der Waals surface area contributed by atoms with Crippen LogP contribution in [0.25, 0.3) is 0 Å². The maximum absolute atomic E-state index is 11.6. The van der Waals surface area contributed by atoms with Gasteiger partial charge in [-0.25, -0.2) is 0 Å². The molecule has 0 heterocycles. The van der Waals surface area contributed by atoms with Crippen molar-refractivity contribution in [2.45, 2.75) is 51.0 Å².